The quantitative estimate of drug-likeness (QED) is 0.663. The lowest BCUT2D eigenvalue weighted by Crippen LogP contribution is -2.61. The predicted octanol–water partition coefficient (Wildman–Crippen LogP) is 2.11. The third kappa shape index (κ3) is 5.60. The van der Waals surface area contributed by atoms with Crippen molar-refractivity contribution in [1.82, 2.24) is 9.62 Å². The molecule has 2 saturated heterocycles. The molecule has 3 rings (SSSR count). The van der Waals surface area contributed by atoms with Crippen LogP contribution in [0.2, 0.25) is 0 Å². The Morgan fingerprint density at radius 1 is 1.26 bits per heavy atom. The van der Waals surface area contributed by atoms with Crippen LogP contribution in [0, 0.1) is 17.8 Å². The minimum Gasteiger partial charge on any atom is -0.598 e. The summed E-state index contributed by atoms with van der Waals surface area (Å²) in [6, 6.07) is -0.0138. The van der Waals surface area contributed by atoms with Gasteiger partial charge in [-0.1, -0.05) is 13.8 Å². The Kier molecular flexibility index (Phi) is 7.85. The van der Waals surface area contributed by atoms with Crippen LogP contribution >= 0.6 is 0 Å². The molecule has 3 atom stereocenters. The molecule has 6 nitrogen and oxygen atoms in total. The topological polar surface area (TPSA) is 73.9 Å². The Bertz CT molecular complexity index is 479. The van der Waals surface area contributed by atoms with E-state index >= 15 is 0 Å². The Hall–Kier alpha value is -0.340. The second-order valence-corrected chi connectivity index (χ2v) is 9.91. The lowest BCUT2D eigenvalue weighted by Gasteiger charge is -2.44. The number of rotatable bonds is 7. The van der Waals surface area contributed by atoms with Crippen molar-refractivity contribution >= 4 is 17.3 Å². The monoisotopic (exact) mass is 400 g/mol. The van der Waals surface area contributed by atoms with Gasteiger partial charge >= 0.3 is 0 Å². The summed E-state index contributed by atoms with van der Waals surface area (Å²) in [5.74, 6) is 1.72. The molecule has 1 amide bonds. The molecule has 1 saturated carbocycles. The van der Waals surface area contributed by atoms with Crippen molar-refractivity contribution in [2.24, 2.45) is 17.8 Å². The van der Waals surface area contributed by atoms with Crippen LogP contribution in [0.25, 0.3) is 0 Å². The zero-order chi connectivity index (χ0) is 19.4. The zero-order valence-corrected chi connectivity index (χ0v) is 17.8. The summed E-state index contributed by atoms with van der Waals surface area (Å²) in [5.41, 5.74) is 0. The molecule has 1 aliphatic carbocycles. The number of likely N-dealkylation sites (tertiary alicyclic amines) is 1. The molecule has 0 spiro atoms. The van der Waals surface area contributed by atoms with E-state index in [1.807, 2.05) is 4.90 Å². The van der Waals surface area contributed by atoms with Gasteiger partial charge in [0.2, 0.25) is 5.91 Å². The molecule has 0 bridgehead atoms. The van der Waals surface area contributed by atoms with Crippen LogP contribution in [0.3, 0.4) is 0 Å². The fourth-order valence-corrected chi connectivity index (χ4v) is 5.36. The van der Waals surface area contributed by atoms with Gasteiger partial charge in [0, 0.05) is 17.9 Å². The van der Waals surface area contributed by atoms with Gasteiger partial charge in [-0.3, -0.25) is 4.79 Å². The highest BCUT2D eigenvalue weighted by molar-refractivity contribution is 7.88. The van der Waals surface area contributed by atoms with E-state index in [9.17, 15) is 9.35 Å². The van der Waals surface area contributed by atoms with Crippen LogP contribution in [-0.2, 0) is 25.6 Å². The maximum absolute atomic E-state index is 12.9. The first-order chi connectivity index (χ1) is 13.0. The van der Waals surface area contributed by atoms with E-state index in [0.29, 0.717) is 25.9 Å². The largest absolute Gasteiger partial charge is 0.598 e. The van der Waals surface area contributed by atoms with E-state index < -0.39 is 11.4 Å². The summed E-state index contributed by atoms with van der Waals surface area (Å²) in [6.07, 6.45) is 8.49. The summed E-state index contributed by atoms with van der Waals surface area (Å²) < 4.78 is 26.5. The van der Waals surface area contributed by atoms with Crippen molar-refractivity contribution in [2.45, 2.75) is 70.6 Å². The van der Waals surface area contributed by atoms with E-state index in [2.05, 4.69) is 18.6 Å². The Labute approximate surface area is 167 Å². The minimum absolute atomic E-state index is 0.0140. The van der Waals surface area contributed by atoms with E-state index in [1.165, 1.54) is 12.8 Å². The number of ether oxygens (including phenoxy) is 2. The maximum atomic E-state index is 12.9. The normalized spacial score (nSPS) is 33.7. The van der Waals surface area contributed by atoms with Gasteiger partial charge in [-0.25, -0.2) is 0 Å². The van der Waals surface area contributed by atoms with Crippen molar-refractivity contribution in [1.29, 1.82) is 0 Å². The number of hydrogen-bond donors (Lipinski definition) is 1. The molecule has 1 N–H and O–H groups in total. The number of amides is 1. The van der Waals surface area contributed by atoms with Gasteiger partial charge in [-0.05, 0) is 50.4 Å². The highest BCUT2D eigenvalue weighted by atomic mass is 32.2. The van der Waals surface area contributed by atoms with Crippen LogP contribution in [0.5, 0.6) is 0 Å². The SMILES string of the molecule is CC(C)[C@H]1CC[C@@H](OCC2C(N[S+](C)[O-])CCCN2C(=O)C2COC2)CC1. The number of nitrogens with one attached hydrogen (secondary N) is 1. The van der Waals surface area contributed by atoms with Gasteiger partial charge in [0.25, 0.3) is 0 Å². The summed E-state index contributed by atoms with van der Waals surface area (Å²) in [6.45, 7) is 6.97. The second-order valence-electron chi connectivity index (χ2n) is 8.77. The van der Waals surface area contributed by atoms with Crippen LogP contribution in [0.1, 0.15) is 52.4 Å². The smallest absolute Gasteiger partial charge is 0.230 e. The van der Waals surface area contributed by atoms with Crippen LogP contribution < -0.4 is 4.72 Å². The molecule has 2 heterocycles. The van der Waals surface area contributed by atoms with Crippen molar-refractivity contribution < 1.29 is 18.8 Å². The van der Waals surface area contributed by atoms with Gasteiger partial charge < -0.3 is 18.9 Å². The molecule has 0 radical (unpaired) electrons. The Balaban J connectivity index is 1.58. The van der Waals surface area contributed by atoms with Crippen LogP contribution in [0.4, 0.5) is 0 Å². The third-order valence-corrected chi connectivity index (χ3v) is 7.17. The summed E-state index contributed by atoms with van der Waals surface area (Å²) in [4.78, 5) is 14.9. The minimum atomic E-state index is -1.10. The molecule has 3 fully saturated rings. The fraction of sp³-hybridized carbons (Fsp3) is 0.950. The molecular formula is C20H36N2O4S. The van der Waals surface area contributed by atoms with E-state index in [1.54, 1.807) is 6.26 Å². The van der Waals surface area contributed by atoms with Gasteiger partial charge in [0.15, 0.2) is 0 Å². The van der Waals surface area contributed by atoms with Crippen molar-refractivity contribution in [3.05, 3.63) is 0 Å². The summed E-state index contributed by atoms with van der Waals surface area (Å²) in [5, 5.41) is 0. The lowest BCUT2D eigenvalue weighted by molar-refractivity contribution is -0.157. The zero-order valence-electron chi connectivity index (χ0n) is 17.0. The van der Waals surface area contributed by atoms with Gasteiger partial charge in [0.05, 0.1) is 43.9 Å². The van der Waals surface area contributed by atoms with Crippen molar-refractivity contribution in [2.75, 3.05) is 32.6 Å². The van der Waals surface area contributed by atoms with Crippen LogP contribution in [0.15, 0.2) is 0 Å². The molecule has 2 aliphatic heterocycles. The molecular weight excluding hydrogens is 364 g/mol. The Morgan fingerprint density at radius 2 is 1.96 bits per heavy atom. The predicted molar refractivity (Wildman–Crippen MR) is 107 cm³/mol. The maximum Gasteiger partial charge on any atom is 0.230 e. The number of carbonyl (C=O) groups is 1. The lowest BCUT2D eigenvalue weighted by atomic mass is 9.80. The molecule has 156 valence electrons. The standard InChI is InChI=1S/C20H36N2O4S/c1-14(2)15-6-8-17(9-7-15)26-13-19-18(21-27(3)24)5-4-10-22(19)20(23)16-11-25-12-16/h14-19,21H,4-13H2,1-3H3/t15-,17+,18?,19?,27?. The van der Waals surface area contributed by atoms with Gasteiger partial charge in [-0.15, -0.1) is 4.72 Å². The fourth-order valence-electron chi connectivity index (χ4n) is 4.66. The molecule has 0 aromatic carbocycles. The van der Waals surface area contributed by atoms with E-state index in [-0.39, 0.29) is 23.9 Å². The molecule has 3 unspecified atom stereocenters. The highest BCUT2D eigenvalue weighted by Crippen LogP contribution is 2.32. The second kappa shape index (κ2) is 9.92. The first-order valence-electron chi connectivity index (χ1n) is 10.5. The molecule has 3 aliphatic rings. The molecule has 0 aromatic heterocycles. The first kappa shape index (κ1) is 21.4. The van der Waals surface area contributed by atoms with Crippen molar-refractivity contribution in [3.8, 4) is 0 Å². The van der Waals surface area contributed by atoms with Crippen molar-refractivity contribution in [3.63, 3.8) is 0 Å². The molecule has 27 heavy (non-hydrogen) atoms. The first-order valence-corrected chi connectivity index (χ1v) is 12.1. The average Bonchev–Trinajstić information content (AvgIpc) is 2.58. The van der Waals surface area contributed by atoms with E-state index in [4.69, 9.17) is 9.47 Å². The van der Waals surface area contributed by atoms with E-state index in [0.717, 1.165) is 44.1 Å². The Morgan fingerprint density at radius 3 is 2.52 bits per heavy atom. The number of piperidine rings is 1. The summed E-state index contributed by atoms with van der Waals surface area (Å²) >= 11 is -1.10. The van der Waals surface area contributed by atoms with Gasteiger partial charge in [0.1, 0.15) is 6.26 Å². The molecule has 7 heteroatoms. The third-order valence-electron chi connectivity index (χ3n) is 6.53. The van der Waals surface area contributed by atoms with Crippen LogP contribution in [-0.4, -0.2) is 66.2 Å². The number of hydrogen-bond acceptors (Lipinski definition) is 5. The number of nitrogens with zero attached hydrogens (tertiary/aromatic N) is 1. The summed E-state index contributed by atoms with van der Waals surface area (Å²) in [7, 11) is 0. The van der Waals surface area contributed by atoms with Gasteiger partial charge in [-0.2, -0.15) is 0 Å². The molecule has 0 aromatic rings. The average molecular weight is 401 g/mol. The number of carbonyl (C=O) groups excluding carboxylic acids is 1. The highest BCUT2D eigenvalue weighted by Gasteiger charge is 2.41.